The van der Waals surface area contributed by atoms with Gasteiger partial charge in [-0.1, -0.05) is 0 Å². The van der Waals surface area contributed by atoms with Crippen LogP contribution in [0.2, 0.25) is 0 Å². The molecule has 1 aliphatic rings. The molecule has 1 aromatic heterocycles. The molecule has 1 saturated heterocycles. The molecular weight excluding hydrogens is 172 g/mol. The number of rotatable bonds is 2. The van der Waals surface area contributed by atoms with Gasteiger partial charge in [0.1, 0.15) is 6.10 Å². The molecule has 0 N–H and O–H groups in total. The Morgan fingerprint density at radius 2 is 2.46 bits per heavy atom. The van der Waals surface area contributed by atoms with Crippen LogP contribution >= 0.6 is 0 Å². The van der Waals surface area contributed by atoms with E-state index in [1.165, 1.54) is 28.6 Å². The molecule has 0 bridgehead atoms. The third-order valence-corrected chi connectivity index (χ3v) is 1.97. The van der Waals surface area contributed by atoms with Crippen molar-refractivity contribution in [3.8, 4) is 0 Å². The van der Waals surface area contributed by atoms with Crippen LogP contribution in [0.15, 0.2) is 17.1 Å². The van der Waals surface area contributed by atoms with Crippen LogP contribution in [0, 0.1) is 0 Å². The molecule has 5 nitrogen and oxygen atoms in total. The van der Waals surface area contributed by atoms with E-state index in [2.05, 4.69) is 0 Å². The second-order valence-electron chi connectivity index (χ2n) is 3.06. The van der Waals surface area contributed by atoms with E-state index in [0.29, 0.717) is 13.2 Å². The number of nitrogens with zero attached hydrogens (tertiary/aromatic N) is 2. The smallest absolute Gasteiger partial charge is 0.267 e. The maximum Gasteiger partial charge on any atom is 0.267 e. The van der Waals surface area contributed by atoms with Crippen molar-refractivity contribution in [1.29, 1.82) is 0 Å². The van der Waals surface area contributed by atoms with E-state index in [-0.39, 0.29) is 17.6 Å². The summed E-state index contributed by atoms with van der Waals surface area (Å²) in [5.41, 5.74) is -0.161. The number of carbonyl (C=O) groups excluding carboxylic acids is 1. The third-order valence-electron chi connectivity index (χ3n) is 1.97. The summed E-state index contributed by atoms with van der Waals surface area (Å²) in [6, 6.07) is 1.38. The normalized spacial score (nSPS) is 20.2. The SMILES string of the molecule is CC(=O)n1ccc(=O)n1C[C@H]1CO1. The highest BCUT2D eigenvalue weighted by Crippen LogP contribution is 2.10. The first-order chi connectivity index (χ1) is 6.18. The second kappa shape index (κ2) is 2.85. The van der Waals surface area contributed by atoms with Gasteiger partial charge >= 0.3 is 0 Å². The van der Waals surface area contributed by atoms with Gasteiger partial charge in [-0.25, -0.2) is 9.36 Å². The molecule has 0 aromatic carbocycles. The molecule has 5 heteroatoms. The van der Waals surface area contributed by atoms with E-state index in [1.54, 1.807) is 0 Å². The summed E-state index contributed by atoms with van der Waals surface area (Å²) in [5.74, 6) is -0.164. The third kappa shape index (κ3) is 1.55. The van der Waals surface area contributed by atoms with Crippen LogP contribution in [0.3, 0.4) is 0 Å². The first-order valence-electron chi connectivity index (χ1n) is 4.09. The molecule has 1 aliphatic heterocycles. The predicted octanol–water partition coefficient (Wildman–Crippen LogP) is -0.291. The molecule has 13 heavy (non-hydrogen) atoms. The topological polar surface area (TPSA) is 56.5 Å². The van der Waals surface area contributed by atoms with Gasteiger partial charge in [0.15, 0.2) is 0 Å². The quantitative estimate of drug-likeness (QED) is 0.590. The fraction of sp³-hybridized carbons (Fsp3) is 0.500. The van der Waals surface area contributed by atoms with Gasteiger partial charge in [0, 0.05) is 19.2 Å². The van der Waals surface area contributed by atoms with E-state index >= 15 is 0 Å². The van der Waals surface area contributed by atoms with Gasteiger partial charge < -0.3 is 4.74 Å². The number of carbonyl (C=O) groups is 1. The first-order valence-corrected chi connectivity index (χ1v) is 4.09. The Bertz CT molecular complexity index is 386. The van der Waals surface area contributed by atoms with Gasteiger partial charge in [-0.3, -0.25) is 9.59 Å². The van der Waals surface area contributed by atoms with E-state index < -0.39 is 0 Å². The van der Waals surface area contributed by atoms with Crippen LogP contribution in [0.5, 0.6) is 0 Å². The number of hydrogen-bond donors (Lipinski definition) is 0. The lowest BCUT2D eigenvalue weighted by molar-refractivity contribution is 0.0899. The Balaban J connectivity index is 2.33. The zero-order chi connectivity index (χ0) is 9.42. The highest BCUT2D eigenvalue weighted by molar-refractivity contribution is 5.75. The van der Waals surface area contributed by atoms with Crippen LogP contribution in [0.4, 0.5) is 0 Å². The molecule has 0 spiro atoms. The van der Waals surface area contributed by atoms with Gasteiger partial charge in [0.25, 0.3) is 5.56 Å². The molecule has 0 radical (unpaired) electrons. The van der Waals surface area contributed by atoms with Crippen molar-refractivity contribution in [2.24, 2.45) is 0 Å². The average molecular weight is 182 g/mol. The summed E-state index contributed by atoms with van der Waals surface area (Å²) in [6.45, 7) is 2.56. The Morgan fingerprint density at radius 3 is 3.00 bits per heavy atom. The van der Waals surface area contributed by atoms with Crippen molar-refractivity contribution in [3.05, 3.63) is 22.6 Å². The standard InChI is InChI=1S/C8H10N2O3/c1-6(11)9-3-2-8(12)10(9)4-7-5-13-7/h2-3,7H,4-5H2,1H3/t7-/m0/s1. The maximum absolute atomic E-state index is 11.2. The predicted molar refractivity (Wildman–Crippen MR) is 44.7 cm³/mol. The van der Waals surface area contributed by atoms with Gasteiger partial charge in [-0.2, -0.15) is 0 Å². The highest BCUT2D eigenvalue weighted by Gasteiger charge is 2.24. The van der Waals surface area contributed by atoms with Gasteiger partial charge in [0.05, 0.1) is 13.2 Å². The van der Waals surface area contributed by atoms with Crippen LogP contribution in [0.1, 0.15) is 11.7 Å². The fourth-order valence-corrected chi connectivity index (χ4v) is 1.23. The average Bonchev–Trinajstić information content (AvgIpc) is 2.78. The molecule has 2 heterocycles. The zero-order valence-electron chi connectivity index (χ0n) is 7.27. The minimum atomic E-state index is -0.164. The molecule has 1 aromatic rings. The Kier molecular flexibility index (Phi) is 1.81. The van der Waals surface area contributed by atoms with Gasteiger partial charge in [-0.15, -0.1) is 0 Å². The molecule has 0 saturated carbocycles. The van der Waals surface area contributed by atoms with Gasteiger partial charge in [0.2, 0.25) is 5.91 Å². The first kappa shape index (κ1) is 8.25. The lowest BCUT2D eigenvalue weighted by Crippen LogP contribution is -2.27. The molecular formula is C8H10N2O3. The minimum Gasteiger partial charge on any atom is -0.371 e. The number of hydrogen-bond acceptors (Lipinski definition) is 3. The summed E-state index contributed by atoms with van der Waals surface area (Å²) in [4.78, 5) is 22.3. The molecule has 1 atom stereocenters. The summed E-state index contributed by atoms with van der Waals surface area (Å²) in [5, 5.41) is 0. The van der Waals surface area contributed by atoms with Crippen molar-refractivity contribution >= 4 is 5.91 Å². The lowest BCUT2D eigenvalue weighted by Gasteiger charge is -2.05. The molecule has 0 aliphatic carbocycles. The molecule has 0 amide bonds. The summed E-state index contributed by atoms with van der Waals surface area (Å²) >= 11 is 0. The Labute approximate surface area is 74.5 Å². The van der Waals surface area contributed by atoms with E-state index in [1.807, 2.05) is 0 Å². The van der Waals surface area contributed by atoms with Crippen molar-refractivity contribution in [2.75, 3.05) is 6.61 Å². The van der Waals surface area contributed by atoms with Crippen molar-refractivity contribution in [2.45, 2.75) is 19.6 Å². The second-order valence-corrected chi connectivity index (χ2v) is 3.06. The summed E-state index contributed by atoms with van der Waals surface area (Å²) in [6.07, 6.45) is 1.58. The number of aromatic nitrogens is 2. The van der Waals surface area contributed by atoms with Crippen molar-refractivity contribution < 1.29 is 9.53 Å². The van der Waals surface area contributed by atoms with E-state index in [4.69, 9.17) is 4.74 Å². The summed E-state index contributed by atoms with van der Waals surface area (Å²) < 4.78 is 7.69. The Morgan fingerprint density at radius 1 is 1.77 bits per heavy atom. The number of ether oxygens (including phenoxy) is 1. The number of epoxide rings is 1. The Hall–Kier alpha value is -1.36. The maximum atomic E-state index is 11.2. The molecule has 2 rings (SSSR count). The van der Waals surface area contributed by atoms with Crippen molar-refractivity contribution in [1.82, 2.24) is 9.36 Å². The largest absolute Gasteiger partial charge is 0.371 e. The molecule has 70 valence electrons. The highest BCUT2D eigenvalue weighted by atomic mass is 16.6. The monoisotopic (exact) mass is 182 g/mol. The zero-order valence-corrected chi connectivity index (χ0v) is 7.27. The fourth-order valence-electron chi connectivity index (χ4n) is 1.23. The van der Waals surface area contributed by atoms with Crippen LogP contribution in [-0.4, -0.2) is 28.0 Å². The van der Waals surface area contributed by atoms with E-state index in [0.717, 1.165) is 0 Å². The minimum absolute atomic E-state index is 0.102. The lowest BCUT2D eigenvalue weighted by atomic mass is 10.5. The summed E-state index contributed by atoms with van der Waals surface area (Å²) in [7, 11) is 0. The van der Waals surface area contributed by atoms with Crippen LogP contribution in [-0.2, 0) is 11.3 Å². The van der Waals surface area contributed by atoms with Crippen LogP contribution in [0.25, 0.3) is 0 Å². The molecule has 0 unspecified atom stereocenters. The van der Waals surface area contributed by atoms with E-state index in [9.17, 15) is 9.59 Å². The van der Waals surface area contributed by atoms with Gasteiger partial charge in [-0.05, 0) is 0 Å². The van der Waals surface area contributed by atoms with Crippen LogP contribution < -0.4 is 5.56 Å². The molecule has 1 fully saturated rings. The van der Waals surface area contributed by atoms with Crippen molar-refractivity contribution in [3.63, 3.8) is 0 Å².